The zero-order chi connectivity index (χ0) is 21.7. The number of nitrogens with zero attached hydrogens (tertiary/aromatic N) is 2. The van der Waals surface area contributed by atoms with Crippen LogP contribution in [0.5, 0.6) is 11.5 Å². The molecule has 3 rings (SSSR count). The van der Waals surface area contributed by atoms with Crippen LogP contribution in [0, 0.1) is 0 Å². The van der Waals surface area contributed by atoms with Gasteiger partial charge in [-0.1, -0.05) is 11.6 Å². The summed E-state index contributed by atoms with van der Waals surface area (Å²) in [5.41, 5.74) is 0.538. The predicted octanol–water partition coefficient (Wildman–Crippen LogP) is 4.19. The van der Waals surface area contributed by atoms with Crippen molar-refractivity contribution in [2.24, 2.45) is 0 Å². The Morgan fingerprint density at radius 3 is 2.37 bits per heavy atom. The van der Waals surface area contributed by atoms with E-state index in [2.05, 4.69) is 0 Å². The van der Waals surface area contributed by atoms with Gasteiger partial charge < -0.3 is 14.4 Å². The summed E-state index contributed by atoms with van der Waals surface area (Å²) in [7, 11) is 0. The number of likely N-dealkylation sites (tertiary alicyclic amines) is 1. The number of carbonyl (C=O) groups is 3. The molecule has 2 heterocycles. The maximum Gasteiger partial charge on any atom is 0.294 e. The zero-order valence-corrected chi connectivity index (χ0v) is 18.7. The largest absolute Gasteiger partial charge is 0.490 e. The summed E-state index contributed by atoms with van der Waals surface area (Å²) in [5.74, 6) is 0.338. The third-order valence-corrected chi connectivity index (χ3v) is 6.06. The Hall–Kier alpha value is -2.19. The minimum absolute atomic E-state index is 0.198. The maximum atomic E-state index is 12.8. The molecule has 0 N–H and O–H groups in total. The number of amides is 3. The third kappa shape index (κ3) is 5.10. The number of hydrogen-bond donors (Lipinski definition) is 0. The first kappa shape index (κ1) is 22.5. The van der Waals surface area contributed by atoms with Gasteiger partial charge in [-0.2, -0.15) is 0 Å². The molecule has 0 aromatic heterocycles. The van der Waals surface area contributed by atoms with E-state index in [1.807, 2.05) is 13.8 Å². The SMILES string of the molecule is CCOc1cc(Cl)c(/C=C2\SC(=O)N(CC(=O)N3CCCCC3)C2=O)cc1OCC. The molecule has 0 aliphatic carbocycles. The van der Waals surface area contributed by atoms with E-state index in [1.165, 1.54) is 0 Å². The first-order valence-electron chi connectivity index (χ1n) is 10.1. The molecule has 0 bridgehead atoms. The van der Waals surface area contributed by atoms with Gasteiger partial charge >= 0.3 is 0 Å². The standard InChI is InChI=1S/C21H25ClN2O5S/c1-3-28-16-10-14(15(22)12-17(16)29-4-2)11-18-20(26)24(21(27)30-18)13-19(25)23-8-6-5-7-9-23/h10-12H,3-9,13H2,1-2H3/b18-11-. The Balaban J connectivity index is 1.79. The van der Waals surface area contributed by atoms with Crippen LogP contribution in [0.2, 0.25) is 5.02 Å². The minimum atomic E-state index is -0.488. The average molecular weight is 453 g/mol. The summed E-state index contributed by atoms with van der Waals surface area (Å²) < 4.78 is 11.2. The molecule has 0 saturated carbocycles. The Morgan fingerprint density at radius 2 is 1.73 bits per heavy atom. The fraction of sp³-hybridized carbons (Fsp3) is 0.476. The van der Waals surface area contributed by atoms with Crippen molar-refractivity contribution in [3.63, 3.8) is 0 Å². The quantitative estimate of drug-likeness (QED) is 0.577. The van der Waals surface area contributed by atoms with Gasteiger partial charge in [-0.05, 0) is 62.6 Å². The highest BCUT2D eigenvalue weighted by molar-refractivity contribution is 8.18. The second-order valence-electron chi connectivity index (χ2n) is 6.90. The van der Waals surface area contributed by atoms with Crippen LogP contribution in [0.15, 0.2) is 17.0 Å². The van der Waals surface area contributed by atoms with Crippen LogP contribution in [-0.4, -0.2) is 59.7 Å². The van der Waals surface area contributed by atoms with E-state index >= 15 is 0 Å². The lowest BCUT2D eigenvalue weighted by atomic mass is 10.1. The van der Waals surface area contributed by atoms with Crippen molar-refractivity contribution in [3.05, 3.63) is 27.6 Å². The van der Waals surface area contributed by atoms with Crippen LogP contribution in [0.25, 0.3) is 6.08 Å². The molecule has 1 aromatic rings. The van der Waals surface area contributed by atoms with E-state index in [1.54, 1.807) is 23.1 Å². The Bertz CT molecular complexity index is 867. The first-order chi connectivity index (χ1) is 14.4. The Labute approximate surface area is 185 Å². The Morgan fingerprint density at radius 1 is 1.10 bits per heavy atom. The van der Waals surface area contributed by atoms with E-state index in [0.29, 0.717) is 48.4 Å². The number of hydrogen-bond acceptors (Lipinski definition) is 6. The number of carbonyl (C=O) groups excluding carboxylic acids is 3. The fourth-order valence-electron chi connectivity index (χ4n) is 3.35. The number of halogens is 1. The van der Waals surface area contributed by atoms with E-state index in [9.17, 15) is 14.4 Å². The van der Waals surface area contributed by atoms with Gasteiger partial charge in [0.05, 0.1) is 23.1 Å². The molecule has 30 heavy (non-hydrogen) atoms. The molecule has 1 aromatic carbocycles. The van der Waals surface area contributed by atoms with Crippen LogP contribution in [0.4, 0.5) is 4.79 Å². The number of benzene rings is 1. The number of rotatable bonds is 7. The molecule has 2 fully saturated rings. The fourth-order valence-corrected chi connectivity index (χ4v) is 4.39. The third-order valence-electron chi connectivity index (χ3n) is 4.83. The molecule has 7 nitrogen and oxygen atoms in total. The molecule has 0 unspecified atom stereocenters. The Kier molecular flexibility index (Phi) is 7.66. The highest BCUT2D eigenvalue weighted by Gasteiger charge is 2.37. The van der Waals surface area contributed by atoms with Crippen molar-refractivity contribution in [1.82, 2.24) is 9.80 Å². The summed E-state index contributed by atoms with van der Waals surface area (Å²) >= 11 is 7.17. The smallest absolute Gasteiger partial charge is 0.294 e. The summed E-state index contributed by atoms with van der Waals surface area (Å²) in [6.45, 7) is 5.73. The molecular weight excluding hydrogens is 428 g/mol. The molecule has 2 aliphatic rings. The average Bonchev–Trinajstić information content (AvgIpc) is 2.99. The molecule has 0 spiro atoms. The van der Waals surface area contributed by atoms with Crippen LogP contribution in [-0.2, 0) is 9.59 Å². The number of piperidine rings is 1. The van der Waals surface area contributed by atoms with Gasteiger partial charge in [0.1, 0.15) is 6.54 Å². The van der Waals surface area contributed by atoms with Gasteiger partial charge in [-0.15, -0.1) is 0 Å². The highest BCUT2D eigenvalue weighted by Crippen LogP contribution is 2.38. The summed E-state index contributed by atoms with van der Waals surface area (Å²) in [6.07, 6.45) is 4.55. The van der Waals surface area contributed by atoms with E-state index in [4.69, 9.17) is 21.1 Å². The van der Waals surface area contributed by atoms with Crippen molar-refractivity contribution in [3.8, 4) is 11.5 Å². The lowest BCUT2D eigenvalue weighted by Crippen LogP contribution is -2.44. The summed E-state index contributed by atoms with van der Waals surface area (Å²) in [6, 6.07) is 3.32. The molecule has 9 heteroatoms. The van der Waals surface area contributed by atoms with Crippen molar-refractivity contribution in [2.45, 2.75) is 33.1 Å². The van der Waals surface area contributed by atoms with Gasteiger partial charge in [0, 0.05) is 19.2 Å². The van der Waals surface area contributed by atoms with Gasteiger partial charge in [0.2, 0.25) is 5.91 Å². The minimum Gasteiger partial charge on any atom is -0.490 e. The second-order valence-corrected chi connectivity index (χ2v) is 8.30. The van der Waals surface area contributed by atoms with Gasteiger partial charge in [0.15, 0.2) is 11.5 Å². The van der Waals surface area contributed by atoms with Gasteiger partial charge in [-0.25, -0.2) is 0 Å². The zero-order valence-electron chi connectivity index (χ0n) is 17.1. The normalized spacial score (nSPS) is 18.3. The van der Waals surface area contributed by atoms with E-state index < -0.39 is 11.1 Å². The van der Waals surface area contributed by atoms with Crippen molar-refractivity contribution in [2.75, 3.05) is 32.8 Å². The van der Waals surface area contributed by atoms with Crippen molar-refractivity contribution >= 4 is 46.5 Å². The van der Waals surface area contributed by atoms with Crippen molar-refractivity contribution < 1.29 is 23.9 Å². The van der Waals surface area contributed by atoms with Crippen LogP contribution in [0.1, 0.15) is 38.7 Å². The molecule has 2 saturated heterocycles. The monoisotopic (exact) mass is 452 g/mol. The molecule has 0 radical (unpaired) electrons. The molecule has 2 aliphatic heterocycles. The maximum absolute atomic E-state index is 12.8. The van der Waals surface area contributed by atoms with Crippen LogP contribution >= 0.6 is 23.4 Å². The molecule has 3 amide bonds. The summed E-state index contributed by atoms with van der Waals surface area (Å²) in [4.78, 5) is 40.6. The van der Waals surface area contributed by atoms with E-state index in [0.717, 1.165) is 35.9 Å². The number of imide groups is 1. The summed E-state index contributed by atoms with van der Waals surface area (Å²) in [5, 5.41) is -0.0817. The van der Waals surface area contributed by atoms with Gasteiger partial charge in [-0.3, -0.25) is 19.3 Å². The van der Waals surface area contributed by atoms with E-state index in [-0.39, 0.29) is 17.4 Å². The number of thioether (sulfide) groups is 1. The lowest BCUT2D eigenvalue weighted by Gasteiger charge is -2.27. The van der Waals surface area contributed by atoms with Crippen molar-refractivity contribution in [1.29, 1.82) is 0 Å². The second kappa shape index (κ2) is 10.2. The highest BCUT2D eigenvalue weighted by atomic mass is 35.5. The first-order valence-corrected chi connectivity index (χ1v) is 11.3. The van der Waals surface area contributed by atoms with Gasteiger partial charge in [0.25, 0.3) is 11.1 Å². The molecular formula is C21H25ClN2O5S. The topological polar surface area (TPSA) is 76.2 Å². The lowest BCUT2D eigenvalue weighted by molar-refractivity contribution is -0.136. The van der Waals surface area contributed by atoms with Crippen LogP contribution < -0.4 is 9.47 Å². The molecule has 0 atom stereocenters. The predicted molar refractivity (Wildman–Crippen MR) is 117 cm³/mol. The molecule has 162 valence electrons. The number of ether oxygens (including phenoxy) is 2. The van der Waals surface area contributed by atoms with Crippen LogP contribution in [0.3, 0.4) is 0 Å².